The summed E-state index contributed by atoms with van der Waals surface area (Å²) in [4.78, 5) is 15.6. The molecule has 7 heteroatoms. The Balaban J connectivity index is 2.12. The molecule has 1 aromatic carbocycles. The molecular formula is C12H12F3N3O. The second-order valence-electron chi connectivity index (χ2n) is 4.03. The van der Waals surface area contributed by atoms with E-state index in [0.29, 0.717) is 11.0 Å². The van der Waals surface area contributed by atoms with Crippen LogP contribution in [0.3, 0.4) is 0 Å². The van der Waals surface area contributed by atoms with Crippen molar-refractivity contribution in [3.05, 3.63) is 40.8 Å². The fourth-order valence-corrected chi connectivity index (χ4v) is 1.77. The molecule has 0 fully saturated rings. The first-order valence-corrected chi connectivity index (χ1v) is 5.69. The van der Waals surface area contributed by atoms with E-state index in [0.717, 1.165) is 0 Å². The van der Waals surface area contributed by atoms with Gasteiger partial charge in [-0.25, -0.2) is 4.98 Å². The van der Waals surface area contributed by atoms with E-state index in [9.17, 15) is 18.0 Å². The highest BCUT2D eigenvalue weighted by molar-refractivity contribution is 5.74. The predicted molar refractivity (Wildman–Crippen MR) is 64.9 cm³/mol. The first kappa shape index (κ1) is 13.5. The van der Waals surface area contributed by atoms with Crippen molar-refractivity contribution >= 4 is 11.0 Å². The molecule has 0 saturated heterocycles. The molecule has 1 N–H and O–H groups in total. The number of halogens is 3. The van der Waals surface area contributed by atoms with E-state index < -0.39 is 12.7 Å². The summed E-state index contributed by atoms with van der Waals surface area (Å²) in [6.07, 6.45) is -3.07. The summed E-state index contributed by atoms with van der Waals surface area (Å²) in [6.45, 7) is -0.837. The maximum absolute atomic E-state index is 12.0. The van der Waals surface area contributed by atoms with Gasteiger partial charge in [-0.1, -0.05) is 12.1 Å². The molecule has 1 aromatic heterocycles. The van der Waals surface area contributed by atoms with Crippen LogP contribution in [0.4, 0.5) is 13.2 Å². The molecule has 2 rings (SSSR count). The molecule has 0 aliphatic rings. The fraction of sp³-hybridized carbons (Fsp3) is 0.333. The predicted octanol–water partition coefficient (Wildman–Crippen LogP) is 1.55. The molecule has 0 unspecified atom stereocenters. The monoisotopic (exact) mass is 271 g/mol. The molecule has 102 valence electrons. The number of aromatic nitrogens is 2. The topological polar surface area (TPSA) is 46.9 Å². The third kappa shape index (κ3) is 3.54. The zero-order valence-electron chi connectivity index (χ0n) is 9.94. The van der Waals surface area contributed by atoms with Gasteiger partial charge in [-0.05, 0) is 12.1 Å². The van der Waals surface area contributed by atoms with Crippen molar-refractivity contribution in [1.82, 2.24) is 14.9 Å². The van der Waals surface area contributed by atoms with E-state index >= 15 is 0 Å². The Morgan fingerprint density at radius 1 is 1.26 bits per heavy atom. The van der Waals surface area contributed by atoms with Crippen LogP contribution in [0, 0.1) is 0 Å². The van der Waals surface area contributed by atoms with E-state index in [-0.39, 0.29) is 18.6 Å². The number of hydrogen-bond donors (Lipinski definition) is 1. The molecule has 0 spiro atoms. The number of nitrogens with one attached hydrogen (secondary N) is 1. The Bertz CT molecular complexity index is 621. The lowest BCUT2D eigenvalue weighted by atomic mass is 10.3. The van der Waals surface area contributed by atoms with Gasteiger partial charge < -0.3 is 9.88 Å². The minimum Gasteiger partial charge on any atom is -0.307 e. The normalized spacial score (nSPS) is 11.9. The van der Waals surface area contributed by atoms with Crippen LogP contribution in [0.2, 0.25) is 0 Å². The van der Waals surface area contributed by atoms with Crippen LogP contribution in [0.1, 0.15) is 0 Å². The Morgan fingerprint density at radius 2 is 2.00 bits per heavy atom. The Kier molecular flexibility index (Phi) is 3.84. The van der Waals surface area contributed by atoms with E-state index in [1.54, 1.807) is 24.3 Å². The van der Waals surface area contributed by atoms with Gasteiger partial charge in [0.15, 0.2) is 0 Å². The molecule has 4 nitrogen and oxygen atoms in total. The number of rotatable bonds is 4. The SMILES string of the molecule is O=c1cnc2ccccc2n1CCNCC(F)(F)F. The van der Waals surface area contributed by atoms with Crippen molar-refractivity contribution in [3.8, 4) is 0 Å². The van der Waals surface area contributed by atoms with Gasteiger partial charge in [0.05, 0.1) is 23.8 Å². The summed E-state index contributed by atoms with van der Waals surface area (Å²) in [6, 6.07) is 7.00. The summed E-state index contributed by atoms with van der Waals surface area (Å²) in [5.74, 6) is 0. The van der Waals surface area contributed by atoms with Crippen LogP contribution in [0.5, 0.6) is 0 Å². The van der Waals surface area contributed by atoms with Crippen LogP contribution in [-0.2, 0) is 6.54 Å². The molecule has 0 aliphatic heterocycles. The molecule has 0 bridgehead atoms. The van der Waals surface area contributed by atoms with Crippen molar-refractivity contribution in [2.75, 3.05) is 13.1 Å². The average Bonchev–Trinajstić information content (AvgIpc) is 2.35. The second-order valence-corrected chi connectivity index (χ2v) is 4.03. The lowest BCUT2D eigenvalue weighted by Crippen LogP contribution is -2.33. The fourth-order valence-electron chi connectivity index (χ4n) is 1.77. The van der Waals surface area contributed by atoms with Gasteiger partial charge in [-0.2, -0.15) is 13.2 Å². The number of para-hydroxylation sites is 2. The molecule has 0 amide bonds. The standard InChI is InChI=1S/C12H12F3N3O/c13-12(14,15)8-16-5-6-18-10-4-2-1-3-9(10)17-7-11(18)19/h1-4,7,16H,5-6,8H2. The number of benzene rings is 1. The molecule has 1 heterocycles. The zero-order valence-corrected chi connectivity index (χ0v) is 9.94. The van der Waals surface area contributed by atoms with Crippen LogP contribution in [0.15, 0.2) is 35.3 Å². The first-order valence-electron chi connectivity index (χ1n) is 5.69. The molecule has 0 aliphatic carbocycles. The van der Waals surface area contributed by atoms with Crippen LogP contribution in [0.25, 0.3) is 11.0 Å². The lowest BCUT2D eigenvalue weighted by molar-refractivity contribution is -0.124. The summed E-state index contributed by atoms with van der Waals surface area (Å²) in [5.41, 5.74) is 0.925. The van der Waals surface area contributed by atoms with Gasteiger partial charge >= 0.3 is 6.18 Å². The summed E-state index contributed by atoms with van der Waals surface area (Å²) >= 11 is 0. The van der Waals surface area contributed by atoms with Crippen molar-refractivity contribution in [1.29, 1.82) is 0 Å². The molecule has 0 radical (unpaired) electrons. The number of alkyl halides is 3. The number of fused-ring (bicyclic) bond motifs is 1. The van der Waals surface area contributed by atoms with Gasteiger partial charge in [0.1, 0.15) is 0 Å². The highest BCUT2D eigenvalue weighted by atomic mass is 19.4. The van der Waals surface area contributed by atoms with Gasteiger partial charge in [0, 0.05) is 13.1 Å². The van der Waals surface area contributed by atoms with Crippen molar-refractivity contribution < 1.29 is 13.2 Å². The summed E-state index contributed by atoms with van der Waals surface area (Å²) in [7, 11) is 0. The first-order chi connectivity index (χ1) is 8.97. The third-order valence-electron chi connectivity index (χ3n) is 2.59. The van der Waals surface area contributed by atoms with Crippen molar-refractivity contribution in [2.24, 2.45) is 0 Å². The average molecular weight is 271 g/mol. The number of nitrogens with zero attached hydrogens (tertiary/aromatic N) is 2. The van der Waals surface area contributed by atoms with Crippen molar-refractivity contribution in [3.63, 3.8) is 0 Å². The molecule has 0 atom stereocenters. The second kappa shape index (κ2) is 5.40. The zero-order chi connectivity index (χ0) is 13.9. The van der Waals surface area contributed by atoms with Crippen LogP contribution in [-0.4, -0.2) is 28.8 Å². The van der Waals surface area contributed by atoms with E-state index in [4.69, 9.17) is 0 Å². The van der Waals surface area contributed by atoms with Gasteiger partial charge in [-0.3, -0.25) is 4.79 Å². The molecule has 19 heavy (non-hydrogen) atoms. The quantitative estimate of drug-likeness (QED) is 0.858. The highest BCUT2D eigenvalue weighted by Gasteiger charge is 2.25. The lowest BCUT2D eigenvalue weighted by Gasteiger charge is -2.11. The van der Waals surface area contributed by atoms with Crippen LogP contribution < -0.4 is 10.9 Å². The highest BCUT2D eigenvalue weighted by Crippen LogP contribution is 2.12. The Hall–Kier alpha value is -1.89. The smallest absolute Gasteiger partial charge is 0.307 e. The largest absolute Gasteiger partial charge is 0.401 e. The molecular weight excluding hydrogens is 259 g/mol. The maximum Gasteiger partial charge on any atom is 0.401 e. The van der Waals surface area contributed by atoms with Gasteiger partial charge in [-0.15, -0.1) is 0 Å². The molecule has 2 aromatic rings. The minimum absolute atomic E-state index is 0.0629. The molecule has 0 saturated carbocycles. The van der Waals surface area contributed by atoms with E-state index in [1.165, 1.54) is 10.8 Å². The Morgan fingerprint density at radius 3 is 2.74 bits per heavy atom. The summed E-state index contributed by atoms with van der Waals surface area (Å²) in [5, 5.41) is 2.26. The minimum atomic E-state index is -4.24. The summed E-state index contributed by atoms with van der Waals surface area (Å²) < 4.78 is 37.3. The third-order valence-corrected chi connectivity index (χ3v) is 2.59. The van der Waals surface area contributed by atoms with Crippen LogP contribution >= 0.6 is 0 Å². The van der Waals surface area contributed by atoms with Crippen molar-refractivity contribution in [2.45, 2.75) is 12.7 Å². The maximum atomic E-state index is 12.0. The number of hydrogen-bond acceptors (Lipinski definition) is 3. The van der Waals surface area contributed by atoms with E-state index in [1.807, 2.05) is 0 Å². The van der Waals surface area contributed by atoms with Gasteiger partial charge in [0.25, 0.3) is 5.56 Å². The van der Waals surface area contributed by atoms with E-state index in [2.05, 4.69) is 10.3 Å². The van der Waals surface area contributed by atoms with Gasteiger partial charge in [0.2, 0.25) is 0 Å². The Labute approximate surface area is 106 Å².